The van der Waals surface area contributed by atoms with Crippen LogP contribution < -0.4 is 0 Å². The Hall–Kier alpha value is -0.0800. The Morgan fingerprint density at radius 2 is 2.10 bits per heavy atom. The Morgan fingerprint density at radius 1 is 1.40 bits per heavy atom. The van der Waals surface area contributed by atoms with E-state index in [1.807, 2.05) is 0 Å². The maximum Gasteiger partial charge on any atom is 0.0590 e. The SMILES string of the molecule is C[C@@H]1CCC(O)C(CO)C1. The standard InChI is InChI=1S/C8H16O2/c1-6-2-3-8(10)7(4-6)5-9/h6-10H,2-5H2,1H3/t6-,7?,8?/m1/s1. The van der Waals surface area contributed by atoms with Crippen molar-refractivity contribution < 1.29 is 10.2 Å². The number of rotatable bonds is 1. The van der Waals surface area contributed by atoms with Gasteiger partial charge in [-0.05, 0) is 25.2 Å². The van der Waals surface area contributed by atoms with Crippen LogP contribution in [0.15, 0.2) is 0 Å². The van der Waals surface area contributed by atoms with Crippen LogP contribution >= 0.6 is 0 Å². The Balaban J connectivity index is 2.38. The normalized spacial score (nSPS) is 41.7. The molecule has 3 atom stereocenters. The number of hydrogen-bond acceptors (Lipinski definition) is 2. The monoisotopic (exact) mass is 144 g/mol. The Bertz CT molecular complexity index is 103. The fourth-order valence-electron chi connectivity index (χ4n) is 1.68. The van der Waals surface area contributed by atoms with Crippen molar-refractivity contribution in [2.45, 2.75) is 32.3 Å². The lowest BCUT2D eigenvalue weighted by atomic mass is 9.81. The third-order valence-electron chi connectivity index (χ3n) is 2.44. The molecule has 2 nitrogen and oxygen atoms in total. The highest BCUT2D eigenvalue weighted by Crippen LogP contribution is 2.28. The second-order valence-electron chi connectivity index (χ2n) is 3.43. The zero-order valence-electron chi connectivity index (χ0n) is 6.45. The summed E-state index contributed by atoms with van der Waals surface area (Å²) in [7, 11) is 0. The van der Waals surface area contributed by atoms with Gasteiger partial charge in [0, 0.05) is 12.5 Å². The lowest BCUT2D eigenvalue weighted by molar-refractivity contribution is 0.0204. The lowest BCUT2D eigenvalue weighted by Gasteiger charge is -2.29. The topological polar surface area (TPSA) is 40.5 Å². The van der Waals surface area contributed by atoms with E-state index in [1.54, 1.807) is 0 Å². The third-order valence-corrected chi connectivity index (χ3v) is 2.44. The molecule has 1 saturated carbocycles. The molecule has 0 amide bonds. The molecule has 0 bridgehead atoms. The van der Waals surface area contributed by atoms with Crippen LogP contribution in [-0.4, -0.2) is 22.9 Å². The maximum absolute atomic E-state index is 9.33. The lowest BCUT2D eigenvalue weighted by Crippen LogP contribution is -2.30. The van der Waals surface area contributed by atoms with Gasteiger partial charge in [0.25, 0.3) is 0 Å². The fourth-order valence-corrected chi connectivity index (χ4v) is 1.68. The molecule has 2 heteroatoms. The van der Waals surface area contributed by atoms with Gasteiger partial charge in [-0.3, -0.25) is 0 Å². The first-order valence-electron chi connectivity index (χ1n) is 4.03. The van der Waals surface area contributed by atoms with Crippen LogP contribution in [-0.2, 0) is 0 Å². The first kappa shape index (κ1) is 8.02. The summed E-state index contributed by atoms with van der Waals surface area (Å²) in [6.45, 7) is 2.32. The summed E-state index contributed by atoms with van der Waals surface area (Å²) in [5.41, 5.74) is 0. The molecular weight excluding hydrogens is 128 g/mol. The Labute approximate surface area is 61.9 Å². The Kier molecular flexibility index (Phi) is 2.69. The van der Waals surface area contributed by atoms with E-state index < -0.39 is 0 Å². The van der Waals surface area contributed by atoms with Crippen LogP contribution in [0.4, 0.5) is 0 Å². The average molecular weight is 144 g/mol. The smallest absolute Gasteiger partial charge is 0.0590 e. The first-order chi connectivity index (χ1) is 4.74. The van der Waals surface area contributed by atoms with E-state index in [9.17, 15) is 5.11 Å². The van der Waals surface area contributed by atoms with Crippen LogP contribution in [0.1, 0.15) is 26.2 Å². The highest BCUT2D eigenvalue weighted by atomic mass is 16.3. The van der Waals surface area contributed by atoms with E-state index in [0.29, 0.717) is 5.92 Å². The van der Waals surface area contributed by atoms with E-state index in [4.69, 9.17) is 5.11 Å². The Morgan fingerprint density at radius 3 is 2.60 bits per heavy atom. The molecule has 0 aromatic carbocycles. The van der Waals surface area contributed by atoms with Gasteiger partial charge in [0.1, 0.15) is 0 Å². The van der Waals surface area contributed by atoms with Crippen molar-refractivity contribution in [2.24, 2.45) is 11.8 Å². The first-order valence-corrected chi connectivity index (χ1v) is 4.03. The van der Waals surface area contributed by atoms with Crippen molar-refractivity contribution in [1.82, 2.24) is 0 Å². The third kappa shape index (κ3) is 1.70. The van der Waals surface area contributed by atoms with Crippen LogP contribution in [0.3, 0.4) is 0 Å². The highest BCUT2D eigenvalue weighted by molar-refractivity contribution is 4.76. The molecule has 1 fully saturated rings. The molecule has 1 aliphatic rings. The quantitative estimate of drug-likeness (QED) is 0.571. The predicted octanol–water partition coefficient (Wildman–Crippen LogP) is 0.776. The fraction of sp³-hybridized carbons (Fsp3) is 1.00. The molecule has 1 rings (SSSR count). The minimum Gasteiger partial charge on any atom is -0.396 e. The molecule has 60 valence electrons. The van der Waals surface area contributed by atoms with Crippen molar-refractivity contribution in [3.05, 3.63) is 0 Å². The van der Waals surface area contributed by atoms with Crippen molar-refractivity contribution in [1.29, 1.82) is 0 Å². The van der Waals surface area contributed by atoms with E-state index in [-0.39, 0.29) is 18.6 Å². The average Bonchev–Trinajstić information content (AvgIpc) is 1.94. The van der Waals surface area contributed by atoms with Crippen LogP contribution in [0.25, 0.3) is 0 Å². The summed E-state index contributed by atoms with van der Waals surface area (Å²) < 4.78 is 0. The van der Waals surface area contributed by atoms with Gasteiger partial charge in [-0.25, -0.2) is 0 Å². The second-order valence-corrected chi connectivity index (χ2v) is 3.43. The van der Waals surface area contributed by atoms with Crippen molar-refractivity contribution in [2.75, 3.05) is 6.61 Å². The summed E-state index contributed by atoms with van der Waals surface area (Å²) in [6.07, 6.45) is 2.71. The molecule has 2 N–H and O–H groups in total. The van der Waals surface area contributed by atoms with Gasteiger partial charge < -0.3 is 10.2 Å². The molecule has 0 saturated heterocycles. The summed E-state index contributed by atoms with van der Waals surface area (Å²) >= 11 is 0. The van der Waals surface area contributed by atoms with E-state index in [1.165, 1.54) is 0 Å². The summed E-state index contributed by atoms with van der Waals surface area (Å²) in [5.74, 6) is 0.823. The van der Waals surface area contributed by atoms with Gasteiger partial charge in [0.15, 0.2) is 0 Å². The summed E-state index contributed by atoms with van der Waals surface area (Å²) in [5, 5.41) is 18.1. The van der Waals surface area contributed by atoms with E-state index >= 15 is 0 Å². The molecule has 10 heavy (non-hydrogen) atoms. The largest absolute Gasteiger partial charge is 0.396 e. The summed E-state index contributed by atoms with van der Waals surface area (Å²) in [6, 6.07) is 0. The number of hydrogen-bond donors (Lipinski definition) is 2. The zero-order chi connectivity index (χ0) is 7.56. The molecule has 0 aliphatic heterocycles. The zero-order valence-corrected chi connectivity index (χ0v) is 6.45. The highest BCUT2D eigenvalue weighted by Gasteiger charge is 2.25. The molecule has 0 radical (unpaired) electrons. The van der Waals surface area contributed by atoms with Gasteiger partial charge in [0.05, 0.1) is 6.10 Å². The molecular formula is C8H16O2. The molecule has 0 aromatic heterocycles. The summed E-state index contributed by atoms with van der Waals surface area (Å²) in [4.78, 5) is 0. The van der Waals surface area contributed by atoms with Gasteiger partial charge >= 0.3 is 0 Å². The van der Waals surface area contributed by atoms with Crippen LogP contribution in [0.2, 0.25) is 0 Å². The van der Waals surface area contributed by atoms with E-state index in [2.05, 4.69) is 6.92 Å². The van der Waals surface area contributed by atoms with Gasteiger partial charge in [-0.2, -0.15) is 0 Å². The van der Waals surface area contributed by atoms with Gasteiger partial charge in [0.2, 0.25) is 0 Å². The van der Waals surface area contributed by atoms with Gasteiger partial charge in [-0.1, -0.05) is 6.92 Å². The minimum absolute atomic E-state index is 0.142. The van der Waals surface area contributed by atoms with Crippen LogP contribution in [0.5, 0.6) is 0 Å². The number of aliphatic hydroxyl groups excluding tert-OH is 2. The molecule has 0 aromatic rings. The van der Waals surface area contributed by atoms with Crippen molar-refractivity contribution >= 4 is 0 Å². The van der Waals surface area contributed by atoms with E-state index in [0.717, 1.165) is 19.3 Å². The van der Waals surface area contributed by atoms with Gasteiger partial charge in [-0.15, -0.1) is 0 Å². The van der Waals surface area contributed by atoms with Crippen LogP contribution in [0, 0.1) is 11.8 Å². The maximum atomic E-state index is 9.33. The molecule has 0 heterocycles. The van der Waals surface area contributed by atoms with Crippen molar-refractivity contribution in [3.63, 3.8) is 0 Å². The molecule has 2 unspecified atom stereocenters. The number of aliphatic hydroxyl groups is 2. The minimum atomic E-state index is -0.249. The predicted molar refractivity (Wildman–Crippen MR) is 39.6 cm³/mol. The molecule has 0 spiro atoms. The second kappa shape index (κ2) is 3.35. The van der Waals surface area contributed by atoms with Crippen molar-refractivity contribution in [3.8, 4) is 0 Å². The molecule has 1 aliphatic carbocycles.